The monoisotopic (exact) mass is 514 g/mol. The van der Waals surface area contributed by atoms with Crippen molar-refractivity contribution in [2.24, 2.45) is 9.98 Å². The number of rotatable bonds is 14. The van der Waals surface area contributed by atoms with E-state index in [1.165, 1.54) is 44.9 Å². The predicted molar refractivity (Wildman–Crippen MR) is 159 cm³/mol. The van der Waals surface area contributed by atoms with Crippen LogP contribution in [0.1, 0.15) is 86.1 Å². The fraction of sp³-hybridized carbons (Fsp3) is 0.394. The molecule has 0 fully saturated rings. The molecule has 202 valence electrons. The first kappa shape index (κ1) is 29.0. The van der Waals surface area contributed by atoms with Gasteiger partial charge in [0.15, 0.2) is 0 Å². The van der Waals surface area contributed by atoms with Crippen LogP contribution in [0.5, 0.6) is 17.2 Å². The molecule has 0 bridgehead atoms. The number of phenolic OH excluding ortho intramolecular Hbond substituents is 2. The predicted octanol–water partition coefficient (Wildman–Crippen LogP) is 9.04. The van der Waals surface area contributed by atoms with Crippen molar-refractivity contribution in [2.45, 2.75) is 79.1 Å². The van der Waals surface area contributed by atoms with Crippen LogP contribution in [0, 0.1) is 20.8 Å². The van der Waals surface area contributed by atoms with E-state index in [9.17, 15) is 10.2 Å². The van der Waals surface area contributed by atoms with Gasteiger partial charge in [-0.15, -0.1) is 0 Å². The Morgan fingerprint density at radius 2 is 1.18 bits per heavy atom. The van der Waals surface area contributed by atoms with E-state index in [1.54, 1.807) is 24.6 Å². The van der Waals surface area contributed by atoms with E-state index < -0.39 is 0 Å². The molecule has 0 spiro atoms. The second kappa shape index (κ2) is 15.0. The zero-order valence-electron chi connectivity index (χ0n) is 23.3. The van der Waals surface area contributed by atoms with Gasteiger partial charge in [-0.05, 0) is 80.3 Å². The zero-order valence-corrected chi connectivity index (χ0v) is 23.3. The number of hydrogen-bond donors (Lipinski definition) is 2. The Labute approximate surface area is 228 Å². The van der Waals surface area contributed by atoms with Gasteiger partial charge in [-0.25, -0.2) is 0 Å². The fourth-order valence-electron chi connectivity index (χ4n) is 4.18. The van der Waals surface area contributed by atoms with Gasteiger partial charge in [0.1, 0.15) is 17.2 Å². The van der Waals surface area contributed by atoms with Crippen molar-refractivity contribution >= 4 is 23.8 Å². The number of aryl methyl sites for hydroxylation is 3. The van der Waals surface area contributed by atoms with Crippen molar-refractivity contribution < 1.29 is 14.9 Å². The molecular weight excluding hydrogens is 472 g/mol. The lowest BCUT2D eigenvalue weighted by Gasteiger charge is -2.09. The molecule has 0 aliphatic rings. The lowest BCUT2D eigenvalue weighted by Crippen LogP contribution is -1.97. The summed E-state index contributed by atoms with van der Waals surface area (Å²) >= 11 is 0. The molecule has 0 saturated heterocycles. The first-order chi connectivity index (χ1) is 18.4. The first-order valence-corrected chi connectivity index (χ1v) is 13.8. The summed E-state index contributed by atoms with van der Waals surface area (Å²) in [6.45, 7) is 8.89. The average molecular weight is 515 g/mol. The molecule has 0 aliphatic heterocycles. The number of nitrogens with zero attached hydrogens (tertiary/aromatic N) is 2. The molecule has 2 N–H and O–H groups in total. The molecule has 0 atom stereocenters. The molecule has 5 nitrogen and oxygen atoms in total. The molecule has 38 heavy (non-hydrogen) atoms. The largest absolute Gasteiger partial charge is 0.507 e. The molecule has 0 amide bonds. The van der Waals surface area contributed by atoms with Crippen LogP contribution in [0.4, 0.5) is 11.4 Å². The zero-order chi connectivity index (χ0) is 27.3. The van der Waals surface area contributed by atoms with E-state index in [0.29, 0.717) is 34.9 Å². The molecule has 0 heterocycles. The highest BCUT2D eigenvalue weighted by molar-refractivity contribution is 5.89. The fourth-order valence-corrected chi connectivity index (χ4v) is 4.18. The Kier molecular flexibility index (Phi) is 11.4. The summed E-state index contributed by atoms with van der Waals surface area (Å²) in [5.74, 6) is 0.981. The van der Waals surface area contributed by atoms with Gasteiger partial charge in [0.05, 0.1) is 18.0 Å². The van der Waals surface area contributed by atoms with E-state index in [0.717, 1.165) is 23.1 Å². The summed E-state index contributed by atoms with van der Waals surface area (Å²) in [5, 5.41) is 20.8. The highest BCUT2D eigenvalue weighted by Crippen LogP contribution is 2.32. The first-order valence-electron chi connectivity index (χ1n) is 13.8. The van der Waals surface area contributed by atoms with Crippen molar-refractivity contribution in [3.8, 4) is 17.2 Å². The van der Waals surface area contributed by atoms with Crippen molar-refractivity contribution in [2.75, 3.05) is 6.61 Å². The Balaban J connectivity index is 1.62. The lowest BCUT2D eigenvalue weighted by atomic mass is 10.1. The highest BCUT2D eigenvalue weighted by atomic mass is 16.5. The van der Waals surface area contributed by atoms with Gasteiger partial charge < -0.3 is 14.9 Å². The number of ether oxygens (including phenoxy) is 1. The van der Waals surface area contributed by atoms with Crippen LogP contribution < -0.4 is 4.74 Å². The van der Waals surface area contributed by atoms with Gasteiger partial charge in [0, 0.05) is 29.6 Å². The van der Waals surface area contributed by atoms with Gasteiger partial charge in [-0.1, -0.05) is 57.9 Å². The number of aliphatic imine (C=N–C) groups is 2. The molecule has 0 saturated carbocycles. The van der Waals surface area contributed by atoms with Crippen molar-refractivity contribution in [3.05, 3.63) is 76.3 Å². The van der Waals surface area contributed by atoms with E-state index >= 15 is 0 Å². The van der Waals surface area contributed by atoms with Crippen LogP contribution in [0.2, 0.25) is 0 Å². The third-order valence-corrected chi connectivity index (χ3v) is 6.73. The number of phenols is 2. The van der Waals surface area contributed by atoms with E-state index in [2.05, 4.69) is 16.9 Å². The molecule has 3 aromatic rings. The van der Waals surface area contributed by atoms with Gasteiger partial charge in [-0.3, -0.25) is 9.98 Å². The minimum atomic E-state index is 0.126. The van der Waals surface area contributed by atoms with Gasteiger partial charge in [0.2, 0.25) is 0 Å². The maximum absolute atomic E-state index is 10.6. The molecule has 0 aromatic heterocycles. The molecule has 0 unspecified atom stereocenters. The number of hydrogen-bond acceptors (Lipinski definition) is 5. The van der Waals surface area contributed by atoms with Crippen LogP contribution in [-0.2, 0) is 0 Å². The van der Waals surface area contributed by atoms with Gasteiger partial charge in [0.25, 0.3) is 0 Å². The Hall–Kier alpha value is -3.60. The van der Waals surface area contributed by atoms with E-state index in [4.69, 9.17) is 4.74 Å². The lowest BCUT2D eigenvalue weighted by molar-refractivity contribution is 0.302. The number of unbranched alkanes of at least 4 members (excludes halogenated alkanes) is 7. The third-order valence-electron chi connectivity index (χ3n) is 6.73. The standard InChI is InChI=1S/C33H42N2O3/c1-5-6-7-8-9-10-11-12-17-38-29-16-15-28(33(37)21-29)23-35-31-20-26(4)25(3)19-30(31)34-22-27-14-13-24(2)18-32(27)36/h13-16,18-23,36-37H,5-12,17H2,1-4H3/b34-22+,35-23+. The van der Waals surface area contributed by atoms with Crippen LogP contribution in [0.15, 0.2) is 58.5 Å². The van der Waals surface area contributed by atoms with Crippen molar-refractivity contribution in [3.63, 3.8) is 0 Å². The maximum atomic E-state index is 10.6. The summed E-state index contributed by atoms with van der Waals surface area (Å²) < 4.78 is 5.84. The number of aromatic hydroxyl groups is 2. The van der Waals surface area contributed by atoms with E-state index in [1.807, 2.05) is 57.2 Å². The minimum absolute atomic E-state index is 0.126. The smallest absolute Gasteiger partial charge is 0.128 e. The summed E-state index contributed by atoms with van der Waals surface area (Å²) in [6.07, 6.45) is 13.3. The molecule has 0 aliphatic carbocycles. The van der Waals surface area contributed by atoms with Crippen LogP contribution in [-0.4, -0.2) is 29.2 Å². The van der Waals surface area contributed by atoms with Crippen LogP contribution >= 0.6 is 0 Å². The Bertz CT molecular complexity index is 1250. The summed E-state index contributed by atoms with van der Waals surface area (Å²) in [4.78, 5) is 9.25. The molecule has 0 radical (unpaired) electrons. The molecular formula is C33H42N2O3. The van der Waals surface area contributed by atoms with Crippen molar-refractivity contribution in [1.82, 2.24) is 0 Å². The second-order valence-corrected chi connectivity index (χ2v) is 10.0. The van der Waals surface area contributed by atoms with Crippen LogP contribution in [0.3, 0.4) is 0 Å². The molecule has 5 heteroatoms. The SMILES string of the molecule is CCCCCCCCCCOc1ccc(/C=N/c2cc(C)c(C)cc2/N=C/c2ccc(C)cc2O)c(O)c1. The average Bonchev–Trinajstić information content (AvgIpc) is 2.89. The quantitative estimate of drug-likeness (QED) is 0.166. The molecule has 3 rings (SSSR count). The van der Waals surface area contributed by atoms with E-state index in [-0.39, 0.29) is 11.5 Å². The Morgan fingerprint density at radius 1 is 0.658 bits per heavy atom. The summed E-state index contributed by atoms with van der Waals surface area (Å²) in [7, 11) is 0. The number of benzene rings is 3. The van der Waals surface area contributed by atoms with Crippen molar-refractivity contribution in [1.29, 1.82) is 0 Å². The highest BCUT2D eigenvalue weighted by Gasteiger charge is 2.07. The second-order valence-electron chi connectivity index (χ2n) is 10.0. The molecule has 3 aromatic carbocycles. The summed E-state index contributed by atoms with van der Waals surface area (Å²) in [6, 6.07) is 14.8. The van der Waals surface area contributed by atoms with Gasteiger partial charge in [-0.2, -0.15) is 0 Å². The Morgan fingerprint density at radius 3 is 1.74 bits per heavy atom. The van der Waals surface area contributed by atoms with Gasteiger partial charge >= 0.3 is 0 Å². The normalized spacial score (nSPS) is 11.6. The topological polar surface area (TPSA) is 74.4 Å². The summed E-state index contributed by atoms with van der Waals surface area (Å²) in [5.41, 5.74) is 5.81. The third kappa shape index (κ3) is 9.05. The maximum Gasteiger partial charge on any atom is 0.128 e. The minimum Gasteiger partial charge on any atom is -0.507 e. The van der Waals surface area contributed by atoms with Crippen LogP contribution in [0.25, 0.3) is 0 Å².